The van der Waals surface area contributed by atoms with E-state index >= 15 is 0 Å². The van der Waals surface area contributed by atoms with Crippen LogP contribution < -0.4 is 15.8 Å². The molecule has 0 aliphatic carbocycles. The first-order valence-electron chi connectivity index (χ1n) is 5.26. The van der Waals surface area contributed by atoms with Gasteiger partial charge in [-0.05, 0) is 33.0 Å². The fourth-order valence-electron chi connectivity index (χ4n) is 1.08. The predicted molar refractivity (Wildman–Crippen MR) is 65.6 cm³/mol. The molecule has 1 rings (SSSR count). The van der Waals surface area contributed by atoms with E-state index in [9.17, 15) is 13.2 Å². The molecule has 4 N–H and O–H groups in total. The van der Waals surface area contributed by atoms with Crippen LogP contribution in [0.1, 0.15) is 24.4 Å². The van der Waals surface area contributed by atoms with Crippen molar-refractivity contribution >= 4 is 15.9 Å². The molecule has 0 aliphatic rings. The third-order valence-electron chi connectivity index (χ3n) is 2.04. The topological polar surface area (TPSA) is 114 Å². The molecule has 1 aromatic rings. The minimum atomic E-state index is -3.68. The Bertz CT molecular complexity index is 528. The molecular weight excluding hydrogens is 258 g/mol. The van der Waals surface area contributed by atoms with Crippen LogP contribution in [0.5, 0.6) is 0 Å². The maximum Gasteiger partial charge on any atom is 0.287 e. The predicted octanol–water partition coefficient (Wildman–Crippen LogP) is -0.345. The lowest BCUT2D eigenvalue weighted by Crippen LogP contribution is -2.45. The second-order valence-electron chi connectivity index (χ2n) is 4.50. The van der Waals surface area contributed by atoms with Crippen molar-refractivity contribution in [2.24, 2.45) is 5.73 Å². The average molecular weight is 275 g/mol. The largest absolute Gasteiger partial charge is 0.438 e. The number of hydrogen-bond donors (Lipinski definition) is 3. The Balaban J connectivity index is 2.78. The van der Waals surface area contributed by atoms with E-state index in [1.54, 1.807) is 13.8 Å². The maximum atomic E-state index is 11.6. The van der Waals surface area contributed by atoms with Crippen LogP contribution in [0, 0.1) is 0 Å². The zero-order valence-electron chi connectivity index (χ0n) is 10.5. The van der Waals surface area contributed by atoms with Gasteiger partial charge in [-0.1, -0.05) is 0 Å². The number of rotatable bonds is 5. The molecule has 0 radical (unpaired) electrons. The zero-order chi connectivity index (χ0) is 14.0. The first-order chi connectivity index (χ1) is 8.15. The van der Waals surface area contributed by atoms with Crippen LogP contribution in [0.25, 0.3) is 0 Å². The Morgan fingerprint density at radius 2 is 2.06 bits per heavy atom. The average Bonchev–Trinajstić information content (AvgIpc) is 2.74. The molecule has 8 heteroatoms. The summed E-state index contributed by atoms with van der Waals surface area (Å²) in [5.74, 6) is -0.584. The highest BCUT2D eigenvalue weighted by atomic mass is 32.2. The third-order valence-corrected chi connectivity index (χ3v) is 3.33. The van der Waals surface area contributed by atoms with Crippen LogP contribution in [-0.2, 0) is 10.0 Å². The van der Waals surface area contributed by atoms with Gasteiger partial charge in [0.1, 0.15) is 0 Å². The molecule has 0 saturated heterocycles. The van der Waals surface area contributed by atoms with Gasteiger partial charge in [-0.2, -0.15) is 0 Å². The summed E-state index contributed by atoms with van der Waals surface area (Å²) < 4.78 is 29.9. The standard InChI is InChI=1S/C10H17N3O4S/c1-10(2,11)6-13-9(14)7-4-5-8(17-7)18(15,16)12-3/h4-5,12H,6,11H2,1-3H3,(H,13,14). The van der Waals surface area contributed by atoms with Crippen LogP contribution in [0.4, 0.5) is 0 Å². The molecule has 0 saturated carbocycles. The first kappa shape index (κ1) is 14.7. The number of nitrogens with one attached hydrogen (secondary N) is 2. The van der Waals surface area contributed by atoms with Gasteiger partial charge >= 0.3 is 0 Å². The monoisotopic (exact) mass is 275 g/mol. The van der Waals surface area contributed by atoms with Crippen LogP contribution in [-0.4, -0.2) is 33.5 Å². The summed E-state index contributed by atoms with van der Waals surface area (Å²) in [4.78, 5) is 11.6. The van der Waals surface area contributed by atoms with Crippen molar-refractivity contribution in [3.05, 3.63) is 17.9 Å². The van der Waals surface area contributed by atoms with Gasteiger partial charge in [0.05, 0.1) is 0 Å². The lowest BCUT2D eigenvalue weighted by molar-refractivity contribution is 0.0913. The molecule has 0 atom stereocenters. The van der Waals surface area contributed by atoms with Gasteiger partial charge in [-0.25, -0.2) is 13.1 Å². The molecule has 0 unspecified atom stereocenters. The molecule has 0 aliphatic heterocycles. The Labute approximate surface area is 106 Å². The van der Waals surface area contributed by atoms with Gasteiger partial charge < -0.3 is 15.5 Å². The van der Waals surface area contributed by atoms with Crippen LogP contribution in [0.3, 0.4) is 0 Å². The summed E-state index contributed by atoms with van der Waals surface area (Å²) in [7, 11) is -2.42. The Hall–Kier alpha value is -1.38. The van der Waals surface area contributed by atoms with E-state index in [0.717, 1.165) is 0 Å². The van der Waals surface area contributed by atoms with Crippen LogP contribution in [0.2, 0.25) is 0 Å². The molecule has 0 fully saturated rings. The van der Waals surface area contributed by atoms with E-state index in [2.05, 4.69) is 10.0 Å². The second-order valence-corrected chi connectivity index (χ2v) is 6.31. The van der Waals surface area contributed by atoms with E-state index in [1.165, 1.54) is 19.2 Å². The van der Waals surface area contributed by atoms with Gasteiger partial charge in [-0.15, -0.1) is 0 Å². The third kappa shape index (κ3) is 3.83. The number of sulfonamides is 1. The van der Waals surface area contributed by atoms with E-state index in [1.807, 2.05) is 0 Å². The molecule has 0 spiro atoms. The highest BCUT2D eigenvalue weighted by Crippen LogP contribution is 2.13. The summed E-state index contributed by atoms with van der Waals surface area (Å²) in [6.07, 6.45) is 0. The lowest BCUT2D eigenvalue weighted by atomic mass is 10.1. The normalized spacial score (nSPS) is 12.4. The van der Waals surface area contributed by atoms with Crippen molar-refractivity contribution in [1.82, 2.24) is 10.0 Å². The van der Waals surface area contributed by atoms with E-state index in [-0.39, 0.29) is 17.4 Å². The molecule has 102 valence electrons. The number of amides is 1. The molecule has 1 amide bonds. The van der Waals surface area contributed by atoms with Crippen molar-refractivity contribution in [3.63, 3.8) is 0 Å². The first-order valence-corrected chi connectivity index (χ1v) is 6.74. The Kier molecular flexibility index (Phi) is 4.15. The van der Waals surface area contributed by atoms with Crippen LogP contribution >= 0.6 is 0 Å². The number of carbonyl (C=O) groups is 1. The smallest absolute Gasteiger partial charge is 0.287 e. The molecular formula is C10H17N3O4S. The van der Waals surface area contributed by atoms with Gasteiger partial charge in [0.15, 0.2) is 5.76 Å². The summed E-state index contributed by atoms with van der Waals surface area (Å²) in [6, 6.07) is 2.51. The van der Waals surface area contributed by atoms with Crippen molar-refractivity contribution in [2.45, 2.75) is 24.5 Å². The second kappa shape index (κ2) is 5.09. The Morgan fingerprint density at radius 3 is 2.56 bits per heavy atom. The molecule has 0 aromatic carbocycles. The molecule has 1 aromatic heterocycles. The summed E-state index contributed by atoms with van der Waals surface area (Å²) >= 11 is 0. The van der Waals surface area contributed by atoms with Gasteiger partial charge in [-0.3, -0.25) is 4.79 Å². The molecule has 18 heavy (non-hydrogen) atoms. The van der Waals surface area contributed by atoms with Crippen LogP contribution in [0.15, 0.2) is 21.6 Å². The summed E-state index contributed by atoms with van der Waals surface area (Å²) in [5.41, 5.74) is 5.15. The van der Waals surface area contributed by atoms with Gasteiger partial charge in [0.25, 0.3) is 15.9 Å². The fraction of sp³-hybridized carbons (Fsp3) is 0.500. The van der Waals surface area contributed by atoms with Gasteiger partial charge in [0.2, 0.25) is 5.09 Å². The summed E-state index contributed by atoms with van der Waals surface area (Å²) in [5, 5.41) is 2.25. The quantitative estimate of drug-likeness (QED) is 0.680. The molecule has 1 heterocycles. The van der Waals surface area contributed by atoms with Crippen molar-refractivity contribution in [2.75, 3.05) is 13.6 Å². The van der Waals surface area contributed by atoms with Gasteiger partial charge in [0, 0.05) is 12.1 Å². The minimum absolute atomic E-state index is 0.0759. The Morgan fingerprint density at radius 1 is 1.44 bits per heavy atom. The number of carbonyl (C=O) groups excluding carboxylic acids is 1. The number of nitrogens with two attached hydrogens (primary N) is 1. The zero-order valence-corrected chi connectivity index (χ0v) is 11.3. The molecule has 0 bridgehead atoms. The van der Waals surface area contributed by atoms with Crippen molar-refractivity contribution < 1.29 is 17.6 Å². The van der Waals surface area contributed by atoms with Crippen molar-refractivity contribution in [1.29, 1.82) is 0 Å². The van der Waals surface area contributed by atoms with E-state index in [0.29, 0.717) is 0 Å². The lowest BCUT2D eigenvalue weighted by Gasteiger charge is -2.18. The SMILES string of the molecule is CNS(=O)(=O)c1ccc(C(=O)NCC(C)(C)N)o1. The maximum absolute atomic E-state index is 11.6. The van der Waals surface area contributed by atoms with E-state index < -0.39 is 21.5 Å². The number of hydrogen-bond acceptors (Lipinski definition) is 5. The van der Waals surface area contributed by atoms with E-state index in [4.69, 9.17) is 10.2 Å². The highest BCUT2D eigenvalue weighted by Gasteiger charge is 2.20. The number of furan rings is 1. The molecule has 7 nitrogen and oxygen atoms in total. The highest BCUT2D eigenvalue weighted by molar-refractivity contribution is 7.89. The van der Waals surface area contributed by atoms with Crippen molar-refractivity contribution in [3.8, 4) is 0 Å². The minimum Gasteiger partial charge on any atom is -0.438 e. The fourth-order valence-corrected chi connectivity index (χ4v) is 1.73. The summed E-state index contributed by atoms with van der Waals surface area (Å²) in [6.45, 7) is 3.76.